The molecule has 5 nitrogen and oxygen atoms in total. The van der Waals surface area contributed by atoms with Crippen LogP contribution in [0.15, 0.2) is 54.9 Å². The van der Waals surface area contributed by atoms with Crippen molar-refractivity contribution in [2.75, 3.05) is 10.6 Å². The van der Waals surface area contributed by atoms with Crippen LogP contribution in [0.2, 0.25) is 0 Å². The summed E-state index contributed by atoms with van der Waals surface area (Å²) in [5, 5.41) is 6.20. The molecule has 6 heteroatoms. The van der Waals surface area contributed by atoms with Crippen LogP contribution in [0.1, 0.15) is 13.8 Å². The summed E-state index contributed by atoms with van der Waals surface area (Å²) in [6.07, 6.45) is 3.41. The number of halogens is 1. The van der Waals surface area contributed by atoms with Gasteiger partial charge in [-0.3, -0.25) is 4.98 Å². The number of para-hydroxylation sites is 1. The lowest BCUT2D eigenvalue weighted by atomic mass is 10.2. The largest absolute Gasteiger partial charge is 0.352 e. The highest BCUT2D eigenvalue weighted by molar-refractivity contribution is 5.67. The number of pyridine rings is 1. The van der Waals surface area contributed by atoms with Gasteiger partial charge in [-0.2, -0.15) is 4.98 Å². The number of nitrogens with one attached hydrogen (secondary N) is 2. The summed E-state index contributed by atoms with van der Waals surface area (Å²) in [7, 11) is 0. The van der Waals surface area contributed by atoms with Crippen LogP contribution in [0.3, 0.4) is 0 Å². The van der Waals surface area contributed by atoms with E-state index in [9.17, 15) is 4.39 Å². The zero-order valence-corrected chi connectivity index (χ0v) is 13.5. The fraction of sp³-hybridized carbons (Fsp3) is 0.167. The Morgan fingerprint density at radius 3 is 2.46 bits per heavy atom. The molecule has 0 aliphatic heterocycles. The second-order valence-corrected chi connectivity index (χ2v) is 5.60. The molecule has 0 unspecified atom stereocenters. The van der Waals surface area contributed by atoms with E-state index in [0.717, 1.165) is 11.3 Å². The van der Waals surface area contributed by atoms with Gasteiger partial charge in [0.05, 0.1) is 11.4 Å². The minimum atomic E-state index is -0.333. The molecule has 0 radical (unpaired) electrons. The van der Waals surface area contributed by atoms with Crippen LogP contribution in [-0.2, 0) is 0 Å². The summed E-state index contributed by atoms with van der Waals surface area (Å²) in [5.41, 5.74) is 2.01. The highest BCUT2D eigenvalue weighted by atomic mass is 19.1. The first-order valence-corrected chi connectivity index (χ1v) is 7.69. The summed E-state index contributed by atoms with van der Waals surface area (Å²) in [4.78, 5) is 13.0. The quantitative estimate of drug-likeness (QED) is 0.735. The van der Waals surface area contributed by atoms with Crippen LogP contribution in [0, 0.1) is 5.82 Å². The molecule has 0 bridgehead atoms. The minimum absolute atomic E-state index is 0.180. The van der Waals surface area contributed by atoms with Gasteiger partial charge in [-0.1, -0.05) is 12.1 Å². The Balaban J connectivity index is 2.00. The molecule has 0 saturated heterocycles. The molecule has 122 valence electrons. The smallest absolute Gasteiger partial charge is 0.225 e. The maximum Gasteiger partial charge on any atom is 0.225 e. The number of rotatable bonds is 5. The van der Waals surface area contributed by atoms with Gasteiger partial charge in [-0.15, -0.1) is 0 Å². The number of aromatic nitrogens is 3. The molecule has 3 aromatic rings. The van der Waals surface area contributed by atoms with Gasteiger partial charge in [0.1, 0.15) is 11.6 Å². The normalized spacial score (nSPS) is 10.7. The summed E-state index contributed by atoms with van der Waals surface area (Å²) >= 11 is 0. The summed E-state index contributed by atoms with van der Waals surface area (Å²) in [6.45, 7) is 4.01. The number of hydrogen-bond acceptors (Lipinski definition) is 5. The molecule has 0 atom stereocenters. The average molecular weight is 323 g/mol. The maximum absolute atomic E-state index is 13.9. The maximum atomic E-state index is 13.9. The third kappa shape index (κ3) is 3.84. The summed E-state index contributed by atoms with van der Waals surface area (Å²) < 4.78 is 13.9. The minimum Gasteiger partial charge on any atom is -0.352 e. The van der Waals surface area contributed by atoms with E-state index in [1.165, 1.54) is 6.07 Å². The van der Waals surface area contributed by atoms with Crippen molar-refractivity contribution in [1.82, 2.24) is 15.0 Å². The Hall–Kier alpha value is -3.02. The molecule has 0 amide bonds. The molecule has 24 heavy (non-hydrogen) atoms. The standard InChI is InChI=1S/C18H18FN5/c1-12(2)21-18-23-16(13-7-9-20-10-8-13)11-17(24-18)22-15-6-4-3-5-14(15)19/h3-12H,1-2H3,(H2,21,22,23,24). The van der Waals surface area contributed by atoms with Gasteiger partial charge in [0, 0.05) is 30.1 Å². The fourth-order valence-electron chi connectivity index (χ4n) is 2.21. The molecule has 0 aliphatic carbocycles. The molecular weight excluding hydrogens is 305 g/mol. The van der Waals surface area contributed by atoms with E-state index in [1.54, 1.807) is 36.7 Å². The van der Waals surface area contributed by atoms with E-state index in [0.29, 0.717) is 17.5 Å². The van der Waals surface area contributed by atoms with E-state index in [1.807, 2.05) is 26.0 Å². The molecule has 3 rings (SSSR count). The number of anilines is 3. The SMILES string of the molecule is CC(C)Nc1nc(Nc2ccccc2F)cc(-c2ccncc2)n1. The lowest BCUT2D eigenvalue weighted by molar-refractivity contribution is 0.632. The first-order valence-electron chi connectivity index (χ1n) is 7.69. The zero-order chi connectivity index (χ0) is 16.9. The Bertz CT molecular complexity index is 821. The Kier molecular flexibility index (Phi) is 4.65. The van der Waals surface area contributed by atoms with Crippen molar-refractivity contribution in [3.05, 3.63) is 60.7 Å². The third-order valence-electron chi connectivity index (χ3n) is 3.26. The van der Waals surface area contributed by atoms with Crippen LogP contribution in [-0.4, -0.2) is 21.0 Å². The summed E-state index contributed by atoms with van der Waals surface area (Å²) in [6, 6.07) is 12.2. The van der Waals surface area contributed by atoms with Gasteiger partial charge in [-0.05, 0) is 38.1 Å². The van der Waals surface area contributed by atoms with Crippen molar-refractivity contribution in [3.63, 3.8) is 0 Å². The molecule has 0 saturated carbocycles. The number of nitrogens with zero attached hydrogens (tertiary/aromatic N) is 3. The van der Waals surface area contributed by atoms with Gasteiger partial charge < -0.3 is 10.6 Å². The molecule has 2 heterocycles. The highest BCUT2D eigenvalue weighted by Crippen LogP contribution is 2.24. The highest BCUT2D eigenvalue weighted by Gasteiger charge is 2.09. The second kappa shape index (κ2) is 7.04. The fourth-order valence-corrected chi connectivity index (χ4v) is 2.21. The Morgan fingerprint density at radius 2 is 1.75 bits per heavy atom. The predicted octanol–water partition coefficient (Wildman–Crippen LogP) is 4.24. The topological polar surface area (TPSA) is 62.7 Å². The van der Waals surface area contributed by atoms with Crippen LogP contribution >= 0.6 is 0 Å². The molecule has 0 spiro atoms. The van der Waals surface area contributed by atoms with E-state index in [2.05, 4.69) is 25.6 Å². The van der Waals surface area contributed by atoms with Gasteiger partial charge >= 0.3 is 0 Å². The van der Waals surface area contributed by atoms with Gasteiger partial charge in [0.25, 0.3) is 0 Å². The lowest BCUT2D eigenvalue weighted by Crippen LogP contribution is -2.13. The summed E-state index contributed by atoms with van der Waals surface area (Å²) in [5.74, 6) is 0.670. The first-order chi connectivity index (χ1) is 11.6. The van der Waals surface area contributed by atoms with E-state index in [4.69, 9.17) is 0 Å². The predicted molar refractivity (Wildman–Crippen MR) is 93.7 cm³/mol. The van der Waals surface area contributed by atoms with Crippen LogP contribution in [0.25, 0.3) is 11.3 Å². The molecule has 0 aliphatic rings. The second-order valence-electron chi connectivity index (χ2n) is 5.60. The molecule has 0 fully saturated rings. The van der Waals surface area contributed by atoms with E-state index >= 15 is 0 Å². The molecular formula is C18H18FN5. The number of hydrogen-bond donors (Lipinski definition) is 2. The molecule has 2 aromatic heterocycles. The van der Waals surface area contributed by atoms with Crippen molar-refractivity contribution in [3.8, 4) is 11.3 Å². The van der Waals surface area contributed by atoms with Gasteiger partial charge in [0.15, 0.2) is 0 Å². The van der Waals surface area contributed by atoms with E-state index in [-0.39, 0.29) is 11.9 Å². The van der Waals surface area contributed by atoms with Crippen LogP contribution in [0.5, 0.6) is 0 Å². The monoisotopic (exact) mass is 323 g/mol. The molecule has 2 N–H and O–H groups in total. The van der Waals surface area contributed by atoms with Gasteiger partial charge in [-0.25, -0.2) is 9.37 Å². The van der Waals surface area contributed by atoms with Gasteiger partial charge in [0.2, 0.25) is 5.95 Å². The number of benzene rings is 1. The lowest BCUT2D eigenvalue weighted by Gasteiger charge is -2.13. The average Bonchev–Trinajstić information content (AvgIpc) is 2.57. The van der Waals surface area contributed by atoms with Crippen molar-refractivity contribution < 1.29 is 4.39 Å². The van der Waals surface area contributed by atoms with Crippen LogP contribution < -0.4 is 10.6 Å². The Labute approximate surface area is 140 Å². The third-order valence-corrected chi connectivity index (χ3v) is 3.26. The first kappa shape index (κ1) is 15.9. The van der Waals surface area contributed by atoms with Crippen molar-refractivity contribution >= 4 is 17.5 Å². The Morgan fingerprint density at radius 1 is 1.00 bits per heavy atom. The van der Waals surface area contributed by atoms with Crippen LogP contribution in [0.4, 0.5) is 21.8 Å². The van der Waals surface area contributed by atoms with E-state index < -0.39 is 0 Å². The zero-order valence-electron chi connectivity index (χ0n) is 13.5. The molecule has 1 aromatic carbocycles. The van der Waals surface area contributed by atoms with Crippen molar-refractivity contribution in [2.24, 2.45) is 0 Å². The van der Waals surface area contributed by atoms with Crippen molar-refractivity contribution in [1.29, 1.82) is 0 Å². The van der Waals surface area contributed by atoms with Crippen molar-refractivity contribution in [2.45, 2.75) is 19.9 Å².